The fourth-order valence-corrected chi connectivity index (χ4v) is 2.34. The molecule has 1 amide bonds. The maximum atomic E-state index is 12.3. The van der Waals surface area contributed by atoms with E-state index in [9.17, 15) is 9.90 Å². The molecule has 0 spiro atoms. The van der Waals surface area contributed by atoms with Crippen molar-refractivity contribution >= 4 is 11.6 Å². The van der Waals surface area contributed by atoms with E-state index in [0.717, 1.165) is 16.8 Å². The van der Waals surface area contributed by atoms with Crippen molar-refractivity contribution < 1.29 is 9.90 Å². The van der Waals surface area contributed by atoms with Crippen LogP contribution in [0.3, 0.4) is 0 Å². The number of phenolic OH excluding ortho intramolecular Hbond substituents is 1. The van der Waals surface area contributed by atoms with Crippen LogP contribution in [0.4, 0.5) is 5.69 Å². The lowest BCUT2D eigenvalue weighted by molar-refractivity contribution is 0.102. The van der Waals surface area contributed by atoms with Crippen LogP contribution in [0.1, 0.15) is 21.6 Å². The molecule has 0 radical (unpaired) electrons. The number of benzene rings is 2. The Kier molecular flexibility index (Phi) is 3.85. The van der Waals surface area contributed by atoms with Gasteiger partial charge in [-0.3, -0.25) is 9.89 Å². The summed E-state index contributed by atoms with van der Waals surface area (Å²) in [5.74, 6) is -0.102. The van der Waals surface area contributed by atoms with Gasteiger partial charge >= 0.3 is 0 Å². The van der Waals surface area contributed by atoms with Crippen LogP contribution in [0, 0.1) is 13.8 Å². The molecule has 1 heterocycles. The Balaban J connectivity index is 1.86. The summed E-state index contributed by atoms with van der Waals surface area (Å²) in [6.07, 6.45) is 0. The molecular weight excluding hydrogens is 290 g/mol. The molecule has 3 aromatic rings. The van der Waals surface area contributed by atoms with Crippen LogP contribution in [-0.2, 0) is 0 Å². The number of nitrogens with zero attached hydrogens (tertiary/aromatic N) is 1. The van der Waals surface area contributed by atoms with Gasteiger partial charge in [-0.1, -0.05) is 30.3 Å². The van der Waals surface area contributed by atoms with Gasteiger partial charge in [-0.25, -0.2) is 0 Å². The van der Waals surface area contributed by atoms with Crippen LogP contribution < -0.4 is 5.32 Å². The summed E-state index contributed by atoms with van der Waals surface area (Å²) in [5, 5.41) is 19.8. The number of nitrogens with one attached hydrogen (secondary N) is 2. The molecule has 0 atom stereocenters. The quantitative estimate of drug-likeness (QED) is 0.691. The number of aromatic amines is 1. The smallest absolute Gasteiger partial charge is 0.273 e. The van der Waals surface area contributed by atoms with E-state index in [2.05, 4.69) is 15.5 Å². The molecule has 0 saturated carbocycles. The average molecular weight is 307 g/mol. The number of hydrogen-bond donors (Lipinski definition) is 3. The number of anilines is 1. The Bertz CT molecular complexity index is 868. The Morgan fingerprint density at radius 1 is 1.09 bits per heavy atom. The first-order valence-corrected chi connectivity index (χ1v) is 7.27. The van der Waals surface area contributed by atoms with E-state index >= 15 is 0 Å². The number of amides is 1. The van der Waals surface area contributed by atoms with E-state index in [-0.39, 0.29) is 11.7 Å². The van der Waals surface area contributed by atoms with E-state index in [1.54, 1.807) is 12.1 Å². The van der Waals surface area contributed by atoms with E-state index in [0.29, 0.717) is 17.0 Å². The molecule has 116 valence electrons. The highest BCUT2D eigenvalue weighted by Gasteiger charge is 2.14. The van der Waals surface area contributed by atoms with Crippen molar-refractivity contribution in [2.75, 3.05) is 5.32 Å². The summed E-state index contributed by atoms with van der Waals surface area (Å²) in [4.78, 5) is 12.3. The van der Waals surface area contributed by atoms with Crippen LogP contribution in [-0.4, -0.2) is 21.2 Å². The van der Waals surface area contributed by atoms with Crippen LogP contribution >= 0.6 is 0 Å². The molecule has 3 N–H and O–H groups in total. The lowest BCUT2D eigenvalue weighted by Gasteiger charge is -2.06. The minimum atomic E-state index is -0.273. The zero-order valence-electron chi connectivity index (χ0n) is 12.9. The summed E-state index contributed by atoms with van der Waals surface area (Å²) < 4.78 is 0. The lowest BCUT2D eigenvalue weighted by Crippen LogP contribution is -2.13. The molecule has 0 aliphatic rings. The zero-order chi connectivity index (χ0) is 16.4. The number of rotatable bonds is 3. The first kappa shape index (κ1) is 14.8. The van der Waals surface area contributed by atoms with Crippen LogP contribution in [0.5, 0.6) is 5.75 Å². The molecule has 0 aliphatic heterocycles. The molecule has 0 saturated heterocycles. The summed E-state index contributed by atoms with van der Waals surface area (Å²) in [6, 6.07) is 14.6. The van der Waals surface area contributed by atoms with Gasteiger partial charge in [0.2, 0.25) is 0 Å². The molecule has 0 bridgehead atoms. The zero-order valence-corrected chi connectivity index (χ0v) is 12.9. The van der Waals surface area contributed by atoms with E-state index in [4.69, 9.17) is 0 Å². The number of carbonyl (C=O) groups is 1. The first-order valence-electron chi connectivity index (χ1n) is 7.27. The SMILES string of the molecule is Cc1ccccc1NC(=O)c1cc(-c2cccc(C)c2O)n[nH]1. The second-order valence-electron chi connectivity index (χ2n) is 5.41. The topological polar surface area (TPSA) is 78.0 Å². The van der Waals surface area contributed by atoms with Gasteiger partial charge in [-0.15, -0.1) is 0 Å². The maximum absolute atomic E-state index is 12.3. The number of para-hydroxylation sites is 2. The number of aromatic hydroxyl groups is 1. The fraction of sp³-hybridized carbons (Fsp3) is 0.111. The standard InChI is InChI=1S/C18H17N3O2/c1-11-6-3-4-9-14(11)19-18(23)16-10-15(20-21-16)13-8-5-7-12(2)17(13)22/h3-10,22H,1-2H3,(H,19,23)(H,20,21). The fourth-order valence-electron chi connectivity index (χ4n) is 2.34. The molecule has 0 fully saturated rings. The molecule has 1 aromatic heterocycles. The van der Waals surface area contributed by atoms with Gasteiger partial charge in [0.25, 0.3) is 5.91 Å². The summed E-state index contributed by atoms with van der Waals surface area (Å²) in [6.45, 7) is 3.75. The molecule has 23 heavy (non-hydrogen) atoms. The van der Waals surface area contributed by atoms with E-state index in [1.807, 2.05) is 50.2 Å². The number of hydrogen-bond acceptors (Lipinski definition) is 3. The molecule has 5 heteroatoms. The highest BCUT2D eigenvalue weighted by molar-refractivity contribution is 6.03. The van der Waals surface area contributed by atoms with Gasteiger partial charge in [0.05, 0.1) is 5.69 Å². The molecule has 3 rings (SSSR count). The van der Waals surface area contributed by atoms with Crippen molar-refractivity contribution in [2.24, 2.45) is 0 Å². The Morgan fingerprint density at radius 2 is 1.83 bits per heavy atom. The van der Waals surface area contributed by atoms with Gasteiger partial charge in [0.15, 0.2) is 0 Å². The molecular formula is C18H17N3O2. The third-order valence-electron chi connectivity index (χ3n) is 3.73. The third kappa shape index (κ3) is 2.94. The predicted octanol–water partition coefficient (Wildman–Crippen LogP) is 3.65. The maximum Gasteiger partial charge on any atom is 0.273 e. The van der Waals surface area contributed by atoms with E-state index < -0.39 is 0 Å². The number of carbonyl (C=O) groups excluding carboxylic acids is 1. The second-order valence-corrected chi connectivity index (χ2v) is 5.41. The van der Waals surface area contributed by atoms with Gasteiger partial charge in [-0.2, -0.15) is 5.10 Å². The summed E-state index contributed by atoms with van der Waals surface area (Å²) in [5.41, 5.74) is 3.96. The molecule has 2 aromatic carbocycles. The summed E-state index contributed by atoms with van der Waals surface area (Å²) in [7, 11) is 0. The van der Waals surface area contributed by atoms with Gasteiger partial charge in [0, 0.05) is 11.3 Å². The molecule has 0 aliphatic carbocycles. The Labute approximate surface area is 134 Å². The number of aryl methyl sites for hydroxylation is 2. The third-order valence-corrected chi connectivity index (χ3v) is 3.73. The lowest BCUT2D eigenvalue weighted by atomic mass is 10.1. The average Bonchev–Trinajstić information content (AvgIpc) is 3.02. The van der Waals surface area contributed by atoms with E-state index in [1.165, 1.54) is 0 Å². The largest absolute Gasteiger partial charge is 0.507 e. The minimum Gasteiger partial charge on any atom is -0.507 e. The highest BCUT2D eigenvalue weighted by atomic mass is 16.3. The summed E-state index contributed by atoms with van der Waals surface area (Å²) >= 11 is 0. The van der Waals surface area contributed by atoms with Crippen molar-refractivity contribution in [3.8, 4) is 17.0 Å². The van der Waals surface area contributed by atoms with Crippen molar-refractivity contribution in [3.63, 3.8) is 0 Å². The van der Waals surface area contributed by atoms with Crippen molar-refractivity contribution in [1.82, 2.24) is 10.2 Å². The van der Waals surface area contributed by atoms with Gasteiger partial charge in [0.1, 0.15) is 11.4 Å². The highest BCUT2D eigenvalue weighted by Crippen LogP contribution is 2.30. The van der Waals surface area contributed by atoms with Gasteiger partial charge in [-0.05, 0) is 43.2 Å². The monoisotopic (exact) mass is 307 g/mol. The number of aromatic nitrogens is 2. The van der Waals surface area contributed by atoms with Crippen LogP contribution in [0.2, 0.25) is 0 Å². The first-order chi connectivity index (χ1) is 11.1. The Morgan fingerprint density at radius 3 is 2.61 bits per heavy atom. The van der Waals surface area contributed by atoms with Crippen LogP contribution in [0.15, 0.2) is 48.5 Å². The normalized spacial score (nSPS) is 10.5. The Hall–Kier alpha value is -3.08. The van der Waals surface area contributed by atoms with Crippen molar-refractivity contribution in [1.29, 1.82) is 0 Å². The molecule has 5 nitrogen and oxygen atoms in total. The number of phenols is 1. The molecule has 0 unspecified atom stereocenters. The minimum absolute atomic E-state index is 0.171. The van der Waals surface area contributed by atoms with Crippen molar-refractivity contribution in [3.05, 3.63) is 65.4 Å². The van der Waals surface area contributed by atoms with Crippen LogP contribution in [0.25, 0.3) is 11.3 Å². The number of H-pyrrole nitrogens is 1. The van der Waals surface area contributed by atoms with Gasteiger partial charge < -0.3 is 10.4 Å². The van der Waals surface area contributed by atoms with Crippen molar-refractivity contribution in [2.45, 2.75) is 13.8 Å². The second kappa shape index (κ2) is 5.96. The predicted molar refractivity (Wildman–Crippen MR) is 89.6 cm³/mol.